The van der Waals surface area contributed by atoms with E-state index in [4.69, 9.17) is 0 Å². The van der Waals surface area contributed by atoms with Crippen molar-refractivity contribution in [3.8, 4) is 21.8 Å². The van der Waals surface area contributed by atoms with E-state index in [1.54, 1.807) is 35.7 Å². The topological polar surface area (TPSA) is 70.7 Å². The van der Waals surface area contributed by atoms with Crippen LogP contribution in [0.2, 0.25) is 0 Å². The number of halogens is 1. The van der Waals surface area contributed by atoms with E-state index in [0.717, 1.165) is 21.7 Å². The molecule has 2 N–H and O–H groups in total. The summed E-state index contributed by atoms with van der Waals surface area (Å²) in [5.41, 5.74) is 3.52. The number of hydrogen-bond donors (Lipinski definition) is 2. The number of carbonyl (C=O) groups is 1. The quantitative estimate of drug-likeness (QED) is 0.545. The highest BCUT2D eigenvalue weighted by Gasteiger charge is 2.11. The molecule has 0 spiro atoms. The number of rotatable bonds is 5. The van der Waals surface area contributed by atoms with Gasteiger partial charge in [-0.15, -0.1) is 11.3 Å². The zero-order chi connectivity index (χ0) is 18.6. The predicted octanol–water partition coefficient (Wildman–Crippen LogP) is 4.27. The number of carbonyl (C=O) groups excluding carboxylic acids is 1. The van der Waals surface area contributed by atoms with E-state index in [-0.39, 0.29) is 11.7 Å². The SMILES string of the molecule is O=C(NCc1ccnc(-c2cccs2)c1)c1cc(-c2ccc(F)cc2)n[nH]1. The Balaban J connectivity index is 1.43. The van der Waals surface area contributed by atoms with Crippen molar-refractivity contribution < 1.29 is 9.18 Å². The van der Waals surface area contributed by atoms with E-state index < -0.39 is 0 Å². The first-order valence-corrected chi connectivity index (χ1v) is 9.15. The lowest BCUT2D eigenvalue weighted by Crippen LogP contribution is -2.23. The molecule has 134 valence electrons. The van der Waals surface area contributed by atoms with Crippen LogP contribution >= 0.6 is 11.3 Å². The molecule has 7 heteroatoms. The molecule has 0 bridgehead atoms. The fourth-order valence-electron chi connectivity index (χ4n) is 2.63. The minimum absolute atomic E-state index is 0.259. The molecule has 4 rings (SSSR count). The van der Waals surface area contributed by atoms with E-state index in [1.165, 1.54) is 12.1 Å². The van der Waals surface area contributed by atoms with Crippen molar-refractivity contribution in [3.63, 3.8) is 0 Å². The number of benzene rings is 1. The summed E-state index contributed by atoms with van der Waals surface area (Å²) in [4.78, 5) is 17.8. The monoisotopic (exact) mass is 378 g/mol. The molecule has 3 heterocycles. The minimum Gasteiger partial charge on any atom is -0.347 e. The maximum atomic E-state index is 13.0. The molecule has 1 amide bonds. The van der Waals surface area contributed by atoms with Crippen LogP contribution in [0, 0.1) is 5.82 Å². The highest BCUT2D eigenvalue weighted by atomic mass is 32.1. The Morgan fingerprint density at radius 3 is 2.74 bits per heavy atom. The van der Waals surface area contributed by atoms with Gasteiger partial charge in [-0.25, -0.2) is 4.39 Å². The molecular weight excluding hydrogens is 363 g/mol. The van der Waals surface area contributed by atoms with Crippen molar-refractivity contribution in [2.24, 2.45) is 0 Å². The molecule has 4 aromatic rings. The fraction of sp³-hybridized carbons (Fsp3) is 0.0500. The third kappa shape index (κ3) is 3.93. The molecule has 0 unspecified atom stereocenters. The molecule has 0 aliphatic heterocycles. The van der Waals surface area contributed by atoms with Gasteiger partial charge in [0.15, 0.2) is 0 Å². The summed E-state index contributed by atoms with van der Waals surface area (Å²) in [6, 6.07) is 15.4. The van der Waals surface area contributed by atoms with Gasteiger partial charge in [0, 0.05) is 18.3 Å². The smallest absolute Gasteiger partial charge is 0.269 e. The summed E-state index contributed by atoms with van der Waals surface area (Å²) in [6.07, 6.45) is 1.74. The molecule has 1 aromatic carbocycles. The summed E-state index contributed by atoms with van der Waals surface area (Å²) in [5.74, 6) is -0.572. The van der Waals surface area contributed by atoms with Crippen LogP contribution in [0.3, 0.4) is 0 Å². The van der Waals surface area contributed by atoms with Gasteiger partial charge in [-0.2, -0.15) is 5.10 Å². The number of aromatic nitrogens is 3. The summed E-state index contributed by atoms with van der Waals surface area (Å²) >= 11 is 1.62. The average Bonchev–Trinajstić information content (AvgIpc) is 3.39. The van der Waals surface area contributed by atoms with Crippen LogP contribution < -0.4 is 5.32 Å². The predicted molar refractivity (Wildman–Crippen MR) is 103 cm³/mol. The Hall–Kier alpha value is -3.32. The molecule has 0 aliphatic rings. The Kier molecular flexibility index (Phi) is 4.76. The number of aromatic amines is 1. The van der Waals surface area contributed by atoms with Gasteiger partial charge in [0.2, 0.25) is 0 Å². The highest BCUT2D eigenvalue weighted by molar-refractivity contribution is 7.13. The van der Waals surface area contributed by atoms with Crippen molar-refractivity contribution in [2.75, 3.05) is 0 Å². The van der Waals surface area contributed by atoms with Crippen LogP contribution in [0.5, 0.6) is 0 Å². The third-order valence-electron chi connectivity index (χ3n) is 4.01. The molecule has 3 aromatic heterocycles. The van der Waals surface area contributed by atoms with Gasteiger partial charge in [-0.3, -0.25) is 14.9 Å². The molecular formula is C20H15FN4OS. The van der Waals surface area contributed by atoms with E-state index in [0.29, 0.717) is 17.9 Å². The number of pyridine rings is 1. The zero-order valence-corrected chi connectivity index (χ0v) is 15.0. The largest absolute Gasteiger partial charge is 0.347 e. The zero-order valence-electron chi connectivity index (χ0n) is 14.1. The molecule has 27 heavy (non-hydrogen) atoms. The van der Waals surface area contributed by atoms with Gasteiger partial charge in [0.1, 0.15) is 11.5 Å². The van der Waals surface area contributed by atoms with Crippen LogP contribution in [0.25, 0.3) is 21.8 Å². The summed E-state index contributed by atoms with van der Waals surface area (Å²) in [6.45, 7) is 0.380. The maximum Gasteiger partial charge on any atom is 0.269 e. The normalized spacial score (nSPS) is 10.7. The van der Waals surface area contributed by atoms with Gasteiger partial charge < -0.3 is 5.32 Å². The summed E-state index contributed by atoms with van der Waals surface area (Å²) in [7, 11) is 0. The Bertz CT molecular complexity index is 1060. The number of amides is 1. The number of thiophene rings is 1. The van der Waals surface area contributed by atoms with Crippen molar-refractivity contribution in [3.05, 3.63) is 83.2 Å². The first kappa shape index (κ1) is 17.1. The third-order valence-corrected chi connectivity index (χ3v) is 4.91. The Morgan fingerprint density at radius 1 is 1.11 bits per heavy atom. The number of hydrogen-bond acceptors (Lipinski definition) is 4. The highest BCUT2D eigenvalue weighted by Crippen LogP contribution is 2.23. The molecule has 5 nitrogen and oxygen atoms in total. The van der Waals surface area contributed by atoms with E-state index in [2.05, 4.69) is 20.5 Å². The van der Waals surface area contributed by atoms with Crippen LogP contribution in [-0.4, -0.2) is 21.1 Å². The fourth-order valence-corrected chi connectivity index (χ4v) is 3.32. The van der Waals surface area contributed by atoms with E-state index >= 15 is 0 Å². The van der Waals surface area contributed by atoms with E-state index in [9.17, 15) is 9.18 Å². The van der Waals surface area contributed by atoms with Gasteiger partial charge in [0.05, 0.1) is 16.3 Å². The standard InChI is InChI=1S/C20H15FN4OS/c21-15-5-3-14(4-6-15)16-11-18(25-24-16)20(26)23-12-13-7-8-22-17(10-13)19-2-1-9-27-19/h1-11H,12H2,(H,23,26)(H,24,25). The Labute approximate surface area is 158 Å². The molecule has 0 saturated carbocycles. The average molecular weight is 378 g/mol. The van der Waals surface area contributed by atoms with Gasteiger partial charge >= 0.3 is 0 Å². The van der Waals surface area contributed by atoms with Gasteiger partial charge in [-0.05, 0) is 59.5 Å². The molecule has 0 saturated heterocycles. The first-order valence-electron chi connectivity index (χ1n) is 8.27. The summed E-state index contributed by atoms with van der Waals surface area (Å²) in [5, 5.41) is 11.7. The molecule has 0 fully saturated rings. The molecule has 0 radical (unpaired) electrons. The number of nitrogens with zero attached hydrogens (tertiary/aromatic N) is 2. The number of H-pyrrole nitrogens is 1. The van der Waals surface area contributed by atoms with E-state index in [1.807, 2.05) is 29.6 Å². The van der Waals surface area contributed by atoms with Crippen molar-refractivity contribution in [1.82, 2.24) is 20.5 Å². The minimum atomic E-state index is -0.313. The summed E-state index contributed by atoms with van der Waals surface area (Å²) < 4.78 is 13.0. The van der Waals surface area contributed by atoms with Crippen LogP contribution in [-0.2, 0) is 6.54 Å². The Morgan fingerprint density at radius 2 is 1.96 bits per heavy atom. The van der Waals surface area contributed by atoms with Gasteiger partial charge in [0.25, 0.3) is 5.91 Å². The second kappa shape index (κ2) is 7.51. The molecule has 0 aliphatic carbocycles. The van der Waals surface area contributed by atoms with Crippen molar-refractivity contribution in [2.45, 2.75) is 6.54 Å². The first-order chi connectivity index (χ1) is 13.2. The second-order valence-corrected chi connectivity index (χ2v) is 6.83. The lowest BCUT2D eigenvalue weighted by atomic mass is 10.1. The second-order valence-electron chi connectivity index (χ2n) is 5.88. The van der Waals surface area contributed by atoms with Crippen LogP contribution in [0.1, 0.15) is 16.1 Å². The van der Waals surface area contributed by atoms with Crippen molar-refractivity contribution >= 4 is 17.2 Å². The number of nitrogens with one attached hydrogen (secondary N) is 2. The maximum absolute atomic E-state index is 13.0. The lowest BCUT2D eigenvalue weighted by molar-refractivity contribution is 0.0946. The molecule has 0 atom stereocenters. The van der Waals surface area contributed by atoms with Crippen LogP contribution in [0.4, 0.5) is 4.39 Å². The van der Waals surface area contributed by atoms with Gasteiger partial charge in [-0.1, -0.05) is 6.07 Å². The van der Waals surface area contributed by atoms with Crippen LogP contribution in [0.15, 0.2) is 66.2 Å². The lowest BCUT2D eigenvalue weighted by Gasteiger charge is -2.05. The van der Waals surface area contributed by atoms with Crippen molar-refractivity contribution in [1.29, 1.82) is 0 Å².